The molecular formula is C30H40F3N3O5S3. The van der Waals surface area contributed by atoms with E-state index in [1.54, 1.807) is 44.5 Å². The van der Waals surface area contributed by atoms with Gasteiger partial charge in [-0.3, -0.25) is 14.9 Å². The van der Waals surface area contributed by atoms with Crippen LogP contribution in [-0.4, -0.2) is 98.7 Å². The van der Waals surface area contributed by atoms with Crippen LogP contribution in [0.2, 0.25) is 0 Å². The van der Waals surface area contributed by atoms with E-state index >= 15 is 0 Å². The number of rotatable bonds is 12. The van der Waals surface area contributed by atoms with Gasteiger partial charge >= 0.3 is 18.1 Å². The minimum atomic E-state index is -5.18. The molecular weight excluding hydrogens is 636 g/mol. The number of esters is 1. The number of carbonyl (C=O) groups excluding carboxylic acids is 1. The lowest BCUT2D eigenvalue weighted by molar-refractivity contribution is -0.210. The van der Waals surface area contributed by atoms with Crippen molar-refractivity contribution in [2.45, 2.75) is 88.7 Å². The zero-order valence-electron chi connectivity index (χ0n) is 25.8. The van der Waals surface area contributed by atoms with Crippen molar-refractivity contribution in [1.82, 2.24) is 4.90 Å². The van der Waals surface area contributed by atoms with Crippen LogP contribution >= 0.6 is 35.3 Å². The van der Waals surface area contributed by atoms with Crippen LogP contribution in [0, 0.1) is 5.41 Å². The van der Waals surface area contributed by atoms with Crippen LogP contribution in [0.3, 0.4) is 0 Å². The van der Waals surface area contributed by atoms with Crippen molar-refractivity contribution in [3.8, 4) is 5.75 Å². The molecule has 0 aromatic heterocycles. The summed E-state index contributed by atoms with van der Waals surface area (Å²) in [6.45, 7) is 6.96. The van der Waals surface area contributed by atoms with Crippen LogP contribution < -0.4 is 4.74 Å². The number of benzene rings is 1. The molecule has 1 aromatic carbocycles. The van der Waals surface area contributed by atoms with Gasteiger partial charge < -0.3 is 14.6 Å². The molecule has 0 amide bonds. The third-order valence-corrected chi connectivity index (χ3v) is 12.5. The molecule has 5 atom stereocenters. The van der Waals surface area contributed by atoms with Gasteiger partial charge in [0.15, 0.2) is 5.54 Å². The van der Waals surface area contributed by atoms with Gasteiger partial charge in [0, 0.05) is 17.3 Å². The lowest BCUT2D eigenvalue weighted by Gasteiger charge is -2.40. The number of likely N-dealkylation sites (N-methyl/N-ethyl adjacent to an activating group) is 1. The fourth-order valence-corrected chi connectivity index (χ4v) is 9.92. The Bertz CT molecular complexity index is 1310. The number of aryl methyl sites for hydroxylation is 1. The van der Waals surface area contributed by atoms with Gasteiger partial charge in [-0.1, -0.05) is 45.7 Å². The molecule has 3 heterocycles. The predicted octanol–water partition coefficient (Wildman–Crippen LogP) is 6.15. The molecule has 0 saturated carbocycles. The van der Waals surface area contributed by atoms with Crippen molar-refractivity contribution in [3.05, 3.63) is 29.3 Å². The fourth-order valence-electron chi connectivity index (χ4n) is 5.69. The second-order valence-electron chi connectivity index (χ2n) is 12.1. The topological polar surface area (TPSA) is 101 Å². The van der Waals surface area contributed by atoms with Crippen molar-refractivity contribution in [3.63, 3.8) is 0 Å². The number of carboxylic acid groups (broad SMARTS) is 1. The van der Waals surface area contributed by atoms with E-state index in [2.05, 4.69) is 18.0 Å². The lowest BCUT2D eigenvalue weighted by Crippen LogP contribution is -2.54. The van der Waals surface area contributed by atoms with Crippen molar-refractivity contribution in [1.29, 1.82) is 0 Å². The van der Waals surface area contributed by atoms with Gasteiger partial charge in [0.25, 0.3) is 0 Å². The Balaban J connectivity index is 1.62. The molecule has 1 fully saturated rings. The molecule has 8 nitrogen and oxygen atoms in total. The third kappa shape index (κ3) is 7.23. The average molecular weight is 676 g/mol. The molecule has 44 heavy (non-hydrogen) atoms. The molecule has 0 aliphatic carbocycles. The summed E-state index contributed by atoms with van der Waals surface area (Å²) in [5, 5.41) is 10.7. The SMILES string of the molecule is CCCCCc1cccc(OC)c1C1=N[C@@H]([C@H]2SC[C@@H]([C@@H](OC(=O)C(F)(F)F)C(C)(C)C3=N[C@@](C)(C(=O)O)CS3)N2C)CS1. The first kappa shape index (κ1) is 35.0. The number of ether oxygens (including phenoxy) is 2. The maximum absolute atomic E-state index is 13.5. The van der Waals surface area contributed by atoms with E-state index in [0.717, 1.165) is 42.0 Å². The van der Waals surface area contributed by atoms with Crippen LogP contribution in [0.1, 0.15) is 58.1 Å². The van der Waals surface area contributed by atoms with Gasteiger partial charge in [-0.25, -0.2) is 9.59 Å². The second-order valence-corrected chi connectivity index (χ2v) is 15.2. The Kier molecular flexibility index (Phi) is 11.0. The number of thioether (sulfide) groups is 3. The number of hydrogen-bond donors (Lipinski definition) is 1. The van der Waals surface area contributed by atoms with Gasteiger partial charge in [-0.2, -0.15) is 13.2 Å². The Labute approximate surface area is 269 Å². The number of hydrogen-bond acceptors (Lipinski definition) is 10. The minimum absolute atomic E-state index is 0.138. The van der Waals surface area contributed by atoms with Gasteiger partial charge in [0.2, 0.25) is 0 Å². The number of methoxy groups -OCH3 is 1. The zero-order valence-corrected chi connectivity index (χ0v) is 28.2. The summed E-state index contributed by atoms with van der Waals surface area (Å²) in [5.74, 6) is -1.40. The smallest absolute Gasteiger partial charge is 0.490 e. The van der Waals surface area contributed by atoms with Crippen molar-refractivity contribution < 1.29 is 37.3 Å². The van der Waals surface area contributed by atoms with E-state index < -0.39 is 41.2 Å². The van der Waals surface area contributed by atoms with E-state index in [1.807, 2.05) is 24.1 Å². The normalized spacial score (nSPS) is 26.8. The summed E-state index contributed by atoms with van der Waals surface area (Å²) < 4.78 is 51.4. The van der Waals surface area contributed by atoms with Gasteiger partial charge in [-0.15, -0.1) is 35.3 Å². The Morgan fingerprint density at radius 3 is 2.55 bits per heavy atom. The third-order valence-electron chi connectivity index (χ3n) is 8.34. The summed E-state index contributed by atoms with van der Waals surface area (Å²) >= 11 is 4.39. The number of halogens is 3. The average Bonchev–Trinajstić information content (AvgIpc) is 3.70. The highest BCUT2D eigenvalue weighted by atomic mass is 32.2. The van der Waals surface area contributed by atoms with Crippen LogP contribution in [0.4, 0.5) is 13.2 Å². The summed E-state index contributed by atoms with van der Waals surface area (Å²) in [7, 11) is 3.47. The second kappa shape index (κ2) is 13.8. The van der Waals surface area contributed by atoms with Crippen molar-refractivity contribution in [2.24, 2.45) is 15.4 Å². The van der Waals surface area contributed by atoms with E-state index in [0.29, 0.717) is 16.5 Å². The summed E-state index contributed by atoms with van der Waals surface area (Å²) in [4.78, 5) is 35.5. The Hall–Kier alpha value is -1.90. The molecule has 244 valence electrons. The van der Waals surface area contributed by atoms with E-state index in [9.17, 15) is 27.9 Å². The molecule has 3 aliphatic rings. The first-order valence-electron chi connectivity index (χ1n) is 14.6. The number of alkyl halides is 3. The lowest BCUT2D eigenvalue weighted by atomic mass is 9.82. The molecule has 0 radical (unpaired) electrons. The van der Waals surface area contributed by atoms with Crippen LogP contribution in [-0.2, 0) is 20.7 Å². The quantitative estimate of drug-likeness (QED) is 0.207. The van der Waals surface area contributed by atoms with E-state index in [-0.39, 0.29) is 17.2 Å². The highest BCUT2D eigenvalue weighted by Gasteiger charge is 2.54. The zero-order chi connectivity index (χ0) is 32.4. The Morgan fingerprint density at radius 2 is 1.93 bits per heavy atom. The molecule has 1 aromatic rings. The monoisotopic (exact) mass is 675 g/mol. The number of aliphatic imine (C=N–C) groups is 2. The number of unbranched alkanes of at least 4 members (excludes halogenated alkanes) is 2. The summed E-state index contributed by atoms with van der Waals surface area (Å²) in [6, 6.07) is 5.28. The molecule has 14 heteroatoms. The van der Waals surface area contributed by atoms with Gasteiger partial charge in [0.05, 0.1) is 40.6 Å². The number of nitrogens with zero attached hydrogens (tertiary/aromatic N) is 3. The molecule has 3 aliphatic heterocycles. The first-order chi connectivity index (χ1) is 20.6. The summed E-state index contributed by atoms with van der Waals surface area (Å²) in [5.41, 5.74) is -0.415. The standard InChI is InChI=1S/C30H40F3N3O5S3/c1-7-8-9-11-17-12-10-13-20(40-6)21(17)23-34-18(14-42-23)24-36(5)19(15-43-24)22(41-27(39)30(31,32)33)28(2,3)25-35-29(4,16-44-25)26(37)38/h10,12-13,18-19,22,24H,7-9,11,14-16H2,1-6H3,(H,37,38)/t18-,19+,22-,24-,29-/m1/s1. The molecule has 0 spiro atoms. The highest BCUT2D eigenvalue weighted by Crippen LogP contribution is 2.46. The van der Waals surface area contributed by atoms with Crippen molar-refractivity contribution >= 4 is 57.3 Å². The van der Waals surface area contributed by atoms with E-state index in [4.69, 9.17) is 14.5 Å². The number of carboxylic acids is 1. The number of aliphatic carboxylic acids is 1. The largest absolute Gasteiger partial charge is 0.496 e. The van der Waals surface area contributed by atoms with Crippen molar-refractivity contribution in [2.75, 3.05) is 31.4 Å². The predicted molar refractivity (Wildman–Crippen MR) is 172 cm³/mol. The molecule has 4 rings (SSSR count). The van der Waals surface area contributed by atoms with E-state index in [1.165, 1.54) is 24.2 Å². The van der Waals surface area contributed by atoms with Crippen LogP contribution in [0.5, 0.6) is 5.75 Å². The maximum atomic E-state index is 13.5. The van der Waals surface area contributed by atoms with Gasteiger partial charge in [-0.05, 0) is 38.4 Å². The summed E-state index contributed by atoms with van der Waals surface area (Å²) in [6.07, 6.45) is -2.20. The van der Waals surface area contributed by atoms with Crippen LogP contribution in [0.25, 0.3) is 0 Å². The molecule has 1 N–H and O–H groups in total. The fraction of sp³-hybridized carbons (Fsp3) is 0.667. The molecule has 1 saturated heterocycles. The maximum Gasteiger partial charge on any atom is 0.490 e. The first-order valence-corrected chi connectivity index (χ1v) is 17.6. The Morgan fingerprint density at radius 1 is 1.20 bits per heavy atom. The molecule has 0 unspecified atom stereocenters. The van der Waals surface area contributed by atoms with Crippen LogP contribution in [0.15, 0.2) is 28.2 Å². The molecule has 0 bridgehead atoms. The van der Waals surface area contributed by atoms with Gasteiger partial charge in [0.1, 0.15) is 16.9 Å². The highest BCUT2D eigenvalue weighted by molar-refractivity contribution is 8.15. The number of carbonyl (C=O) groups is 2. The minimum Gasteiger partial charge on any atom is -0.496 e.